The van der Waals surface area contributed by atoms with E-state index in [1.165, 1.54) is 51.6 Å². The van der Waals surface area contributed by atoms with Gasteiger partial charge in [-0.15, -0.1) is 0 Å². The summed E-state index contributed by atoms with van der Waals surface area (Å²) in [4.78, 5) is 2.75. The summed E-state index contributed by atoms with van der Waals surface area (Å²) in [6.45, 7) is 12.2. The molecular formula is C17H34N2O. The van der Waals surface area contributed by atoms with Crippen LogP contribution in [0.15, 0.2) is 0 Å². The molecule has 0 amide bonds. The standard InChI is InChI=1S/C17H34N2O/c1-4-19(16-8-6-5-7-9-16)13-17(10-11-20-14-17)12-18-15(2)3/h15-16,18H,4-14H2,1-3H3. The van der Waals surface area contributed by atoms with Gasteiger partial charge < -0.3 is 10.1 Å². The van der Waals surface area contributed by atoms with Gasteiger partial charge in [-0.2, -0.15) is 0 Å². The summed E-state index contributed by atoms with van der Waals surface area (Å²) in [5.74, 6) is 0. The lowest BCUT2D eigenvalue weighted by atomic mass is 9.84. The minimum absolute atomic E-state index is 0.345. The van der Waals surface area contributed by atoms with Gasteiger partial charge >= 0.3 is 0 Å². The molecule has 2 aliphatic rings. The van der Waals surface area contributed by atoms with Gasteiger partial charge in [0.1, 0.15) is 0 Å². The predicted octanol–water partition coefficient (Wildman–Crippen LogP) is 3.05. The molecule has 2 fully saturated rings. The van der Waals surface area contributed by atoms with E-state index in [0.717, 1.165) is 25.8 Å². The maximum Gasteiger partial charge on any atom is 0.0547 e. The van der Waals surface area contributed by atoms with E-state index in [-0.39, 0.29) is 0 Å². The highest BCUT2D eigenvalue weighted by atomic mass is 16.5. The zero-order valence-corrected chi connectivity index (χ0v) is 13.8. The van der Waals surface area contributed by atoms with Crippen LogP contribution in [-0.2, 0) is 4.74 Å². The number of ether oxygens (including phenoxy) is 1. The zero-order chi connectivity index (χ0) is 14.4. The summed E-state index contributed by atoms with van der Waals surface area (Å²) >= 11 is 0. The Balaban J connectivity index is 1.94. The van der Waals surface area contributed by atoms with Crippen molar-refractivity contribution in [2.75, 3.05) is 32.8 Å². The van der Waals surface area contributed by atoms with Crippen molar-refractivity contribution in [2.45, 2.75) is 71.4 Å². The molecule has 1 heterocycles. The van der Waals surface area contributed by atoms with Crippen molar-refractivity contribution in [3.63, 3.8) is 0 Å². The minimum atomic E-state index is 0.345. The van der Waals surface area contributed by atoms with Crippen molar-refractivity contribution >= 4 is 0 Å². The summed E-state index contributed by atoms with van der Waals surface area (Å²) in [5.41, 5.74) is 0.345. The highest BCUT2D eigenvalue weighted by Crippen LogP contribution is 2.32. The van der Waals surface area contributed by atoms with Gasteiger partial charge in [0.05, 0.1) is 6.61 Å². The summed E-state index contributed by atoms with van der Waals surface area (Å²) in [6.07, 6.45) is 8.32. The van der Waals surface area contributed by atoms with Crippen LogP contribution < -0.4 is 5.32 Å². The van der Waals surface area contributed by atoms with Crippen LogP contribution in [0.2, 0.25) is 0 Å². The molecule has 1 atom stereocenters. The molecule has 118 valence electrons. The van der Waals surface area contributed by atoms with Crippen molar-refractivity contribution < 1.29 is 4.74 Å². The minimum Gasteiger partial charge on any atom is -0.381 e. The third-order valence-corrected chi connectivity index (χ3v) is 5.11. The fraction of sp³-hybridized carbons (Fsp3) is 1.00. The first kappa shape index (κ1) is 16.3. The van der Waals surface area contributed by atoms with E-state index in [1.54, 1.807) is 0 Å². The monoisotopic (exact) mass is 282 g/mol. The fourth-order valence-corrected chi connectivity index (χ4v) is 3.77. The van der Waals surface area contributed by atoms with Crippen molar-refractivity contribution in [2.24, 2.45) is 5.41 Å². The van der Waals surface area contributed by atoms with Gasteiger partial charge in [-0.05, 0) is 25.8 Å². The Labute approximate surface area is 125 Å². The Morgan fingerprint density at radius 2 is 2.00 bits per heavy atom. The van der Waals surface area contributed by atoms with E-state index >= 15 is 0 Å². The predicted molar refractivity (Wildman–Crippen MR) is 85.1 cm³/mol. The first-order valence-corrected chi connectivity index (χ1v) is 8.70. The second-order valence-electron chi connectivity index (χ2n) is 7.19. The van der Waals surface area contributed by atoms with Gasteiger partial charge in [0.2, 0.25) is 0 Å². The van der Waals surface area contributed by atoms with E-state index in [1.807, 2.05) is 0 Å². The van der Waals surface area contributed by atoms with E-state index in [2.05, 4.69) is 31.0 Å². The molecule has 1 aliphatic heterocycles. The Morgan fingerprint density at radius 1 is 1.25 bits per heavy atom. The first-order valence-electron chi connectivity index (χ1n) is 8.70. The number of nitrogens with one attached hydrogen (secondary N) is 1. The van der Waals surface area contributed by atoms with Gasteiger partial charge in [-0.25, -0.2) is 0 Å². The normalized spacial score (nSPS) is 28.6. The molecule has 1 unspecified atom stereocenters. The van der Waals surface area contributed by atoms with Crippen molar-refractivity contribution in [3.8, 4) is 0 Å². The van der Waals surface area contributed by atoms with Crippen LogP contribution >= 0.6 is 0 Å². The maximum absolute atomic E-state index is 5.76. The number of hydrogen-bond acceptors (Lipinski definition) is 3. The Kier molecular flexibility index (Phi) is 6.31. The van der Waals surface area contributed by atoms with Gasteiger partial charge in [0.25, 0.3) is 0 Å². The fourth-order valence-electron chi connectivity index (χ4n) is 3.77. The van der Waals surface area contributed by atoms with E-state index in [0.29, 0.717) is 11.5 Å². The molecule has 1 saturated carbocycles. The van der Waals surface area contributed by atoms with Gasteiger partial charge in [0.15, 0.2) is 0 Å². The van der Waals surface area contributed by atoms with Gasteiger partial charge in [0, 0.05) is 37.2 Å². The lowest BCUT2D eigenvalue weighted by molar-refractivity contribution is 0.0739. The molecule has 0 aromatic carbocycles. The van der Waals surface area contributed by atoms with Crippen molar-refractivity contribution in [3.05, 3.63) is 0 Å². The molecule has 1 saturated heterocycles. The van der Waals surface area contributed by atoms with Crippen LogP contribution in [0.3, 0.4) is 0 Å². The average Bonchev–Trinajstić information content (AvgIpc) is 2.93. The van der Waals surface area contributed by atoms with Crippen molar-refractivity contribution in [1.29, 1.82) is 0 Å². The molecule has 3 heteroatoms. The third kappa shape index (κ3) is 4.44. The SMILES string of the molecule is CCN(CC1(CNC(C)C)CCOC1)C1CCCCC1. The molecule has 20 heavy (non-hydrogen) atoms. The molecule has 1 aliphatic carbocycles. The summed E-state index contributed by atoms with van der Waals surface area (Å²) < 4.78 is 5.76. The number of hydrogen-bond donors (Lipinski definition) is 1. The maximum atomic E-state index is 5.76. The smallest absolute Gasteiger partial charge is 0.0547 e. The Bertz CT molecular complexity index is 268. The zero-order valence-electron chi connectivity index (χ0n) is 13.8. The number of rotatable bonds is 7. The summed E-state index contributed by atoms with van der Waals surface area (Å²) in [7, 11) is 0. The first-order chi connectivity index (χ1) is 9.65. The third-order valence-electron chi connectivity index (χ3n) is 5.11. The molecule has 3 nitrogen and oxygen atoms in total. The number of nitrogens with zero attached hydrogens (tertiary/aromatic N) is 1. The summed E-state index contributed by atoms with van der Waals surface area (Å²) in [6, 6.07) is 1.39. The van der Waals surface area contributed by atoms with Crippen LogP contribution in [0, 0.1) is 5.41 Å². The van der Waals surface area contributed by atoms with Crippen molar-refractivity contribution in [1.82, 2.24) is 10.2 Å². The quantitative estimate of drug-likeness (QED) is 0.777. The second kappa shape index (κ2) is 7.77. The Morgan fingerprint density at radius 3 is 2.55 bits per heavy atom. The van der Waals surface area contributed by atoms with E-state index in [9.17, 15) is 0 Å². The molecule has 0 radical (unpaired) electrons. The highest BCUT2D eigenvalue weighted by molar-refractivity contribution is 4.90. The molecule has 2 rings (SSSR count). The topological polar surface area (TPSA) is 24.5 Å². The average molecular weight is 282 g/mol. The lowest BCUT2D eigenvalue weighted by Gasteiger charge is -2.40. The second-order valence-corrected chi connectivity index (χ2v) is 7.19. The van der Waals surface area contributed by atoms with Gasteiger partial charge in [-0.1, -0.05) is 40.0 Å². The van der Waals surface area contributed by atoms with Crippen LogP contribution in [0.1, 0.15) is 59.3 Å². The van der Waals surface area contributed by atoms with Gasteiger partial charge in [-0.3, -0.25) is 4.90 Å². The summed E-state index contributed by atoms with van der Waals surface area (Å²) in [5, 5.41) is 3.65. The van der Waals surface area contributed by atoms with E-state index in [4.69, 9.17) is 4.74 Å². The van der Waals surface area contributed by atoms with Crippen LogP contribution in [-0.4, -0.2) is 49.8 Å². The molecule has 0 aromatic heterocycles. The molecule has 0 aromatic rings. The van der Waals surface area contributed by atoms with E-state index < -0.39 is 0 Å². The highest BCUT2D eigenvalue weighted by Gasteiger charge is 2.37. The Hall–Kier alpha value is -0.120. The molecule has 0 bridgehead atoms. The molecule has 0 spiro atoms. The lowest BCUT2D eigenvalue weighted by Crippen LogP contribution is -2.49. The molecular weight excluding hydrogens is 248 g/mol. The van der Waals surface area contributed by atoms with Crippen LogP contribution in [0.4, 0.5) is 0 Å². The van der Waals surface area contributed by atoms with Crippen LogP contribution in [0.5, 0.6) is 0 Å². The van der Waals surface area contributed by atoms with Crippen LogP contribution in [0.25, 0.3) is 0 Å². The largest absolute Gasteiger partial charge is 0.381 e. The molecule has 1 N–H and O–H groups in total.